The van der Waals surface area contributed by atoms with Crippen molar-refractivity contribution in [3.8, 4) is 0 Å². The van der Waals surface area contributed by atoms with Crippen molar-refractivity contribution in [1.29, 1.82) is 0 Å². The third-order valence-electron chi connectivity index (χ3n) is 4.66. The van der Waals surface area contributed by atoms with Crippen molar-refractivity contribution < 1.29 is 26.4 Å². The molecule has 0 aliphatic carbocycles. The van der Waals surface area contributed by atoms with Gasteiger partial charge in [-0.2, -0.15) is 17.5 Å². The number of halogens is 6. The lowest BCUT2D eigenvalue weighted by molar-refractivity contribution is -0.137. The number of nitrogens with zero attached hydrogens (tertiary/aromatic N) is 1. The van der Waals surface area contributed by atoms with Crippen molar-refractivity contribution in [2.24, 2.45) is 0 Å². The number of carbonyl (C=O) groups is 1. The Morgan fingerprint density at radius 1 is 0.882 bits per heavy atom. The summed E-state index contributed by atoms with van der Waals surface area (Å²) in [6, 6.07) is 13.7. The molecule has 0 radical (unpaired) electrons. The molecule has 3 rings (SSSR count). The molecule has 0 saturated carbocycles. The third kappa shape index (κ3) is 6.43. The van der Waals surface area contributed by atoms with E-state index in [2.05, 4.69) is 5.32 Å². The van der Waals surface area contributed by atoms with Gasteiger partial charge in [-0.25, -0.2) is 8.42 Å². The van der Waals surface area contributed by atoms with Crippen molar-refractivity contribution in [3.63, 3.8) is 0 Å². The van der Waals surface area contributed by atoms with Crippen LogP contribution in [0.2, 0.25) is 15.1 Å². The topological polar surface area (TPSA) is 66.5 Å². The molecule has 1 N–H and O–H groups in total. The molecule has 0 aliphatic heterocycles. The van der Waals surface area contributed by atoms with E-state index in [0.717, 1.165) is 28.6 Å². The minimum absolute atomic E-state index is 0.0672. The van der Waals surface area contributed by atoms with E-state index in [9.17, 15) is 26.4 Å². The average molecular weight is 552 g/mol. The molecule has 0 saturated heterocycles. The van der Waals surface area contributed by atoms with Gasteiger partial charge in [0.05, 0.1) is 17.0 Å². The highest BCUT2D eigenvalue weighted by Crippen LogP contribution is 2.30. The van der Waals surface area contributed by atoms with E-state index in [1.165, 1.54) is 36.4 Å². The second kappa shape index (κ2) is 10.5. The Balaban J connectivity index is 1.89. The van der Waals surface area contributed by atoms with Gasteiger partial charge in [0.15, 0.2) is 0 Å². The molecule has 5 nitrogen and oxygen atoms in total. The Morgan fingerprint density at radius 2 is 1.44 bits per heavy atom. The van der Waals surface area contributed by atoms with Gasteiger partial charge in [0.2, 0.25) is 15.9 Å². The smallest absolute Gasteiger partial charge is 0.325 e. The Morgan fingerprint density at radius 3 is 1.97 bits per heavy atom. The zero-order valence-electron chi connectivity index (χ0n) is 17.1. The SMILES string of the molecule is O=C(CN(Cc1c(Cl)cccc1Cl)S(=O)(=O)c1ccc(Cl)cc1)Nc1ccc(C(F)(F)F)cc1. The van der Waals surface area contributed by atoms with E-state index in [1.807, 2.05) is 0 Å². The fourth-order valence-electron chi connectivity index (χ4n) is 2.94. The van der Waals surface area contributed by atoms with Crippen LogP contribution in [-0.2, 0) is 27.5 Å². The minimum Gasteiger partial charge on any atom is -0.325 e. The fourth-order valence-corrected chi connectivity index (χ4v) is 4.95. The molecule has 0 spiro atoms. The molecule has 0 atom stereocenters. The molecule has 12 heteroatoms. The Labute approximate surface area is 209 Å². The molecule has 1 amide bonds. The lowest BCUT2D eigenvalue weighted by atomic mass is 10.2. The zero-order valence-corrected chi connectivity index (χ0v) is 20.2. The number of alkyl halides is 3. The van der Waals surface area contributed by atoms with Crippen LogP contribution in [-0.4, -0.2) is 25.2 Å². The first-order valence-corrected chi connectivity index (χ1v) is 12.1. The molecular weight excluding hydrogens is 536 g/mol. The molecule has 3 aromatic carbocycles. The fraction of sp³-hybridized carbons (Fsp3) is 0.136. The number of amides is 1. The molecule has 0 bridgehead atoms. The van der Waals surface area contributed by atoms with E-state index in [4.69, 9.17) is 34.8 Å². The Bertz CT molecular complexity index is 1260. The molecule has 0 unspecified atom stereocenters. The third-order valence-corrected chi connectivity index (χ3v) is 7.43. The van der Waals surface area contributed by atoms with E-state index in [0.29, 0.717) is 5.02 Å². The summed E-state index contributed by atoms with van der Waals surface area (Å²) in [6.07, 6.45) is -4.53. The summed E-state index contributed by atoms with van der Waals surface area (Å²) in [4.78, 5) is 12.5. The predicted molar refractivity (Wildman–Crippen MR) is 126 cm³/mol. The summed E-state index contributed by atoms with van der Waals surface area (Å²) in [5.41, 5.74) is -0.533. The van der Waals surface area contributed by atoms with Crippen LogP contribution in [0.4, 0.5) is 18.9 Å². The normalized spacial score (nSPS) is 12.1. The number of rotatable bonds is 7. The minimum atomic E-state index is -4.53. The largest absolute Gasteiger partial charge is 0.416 e. The maximum atomic E-state index is 13.3. The number of sulfonamides is 1. The van der Waals surface area contributed by atoms with Crippen LogP contribution >= 0.6 is 34.8 Å². The van der Waals surface area contributed by atoms with Gasteiger partial charge in [-0.3, -0.25) is 4.79 Å². The van der Waals surface area contributed by atoms with Crippen LogP contribution < -0.4 is 5.32 Å². The van der Waals surface area contributed by atoms with Gasteiger partial charge in [-0.05, 0) is 60.7 Å². The zero-order chi connectivity index (χ0) is 25.1. The molecule has 3 aromatic rings. The number of carbonyl (C=O) groups excluding carboxylic acids is 1. The lowest BCUT2D eigenvalue weighted by Gasteiger charge is -2.23. The van der Waals surface area contributed by atoms with Gasteiger partial charge in [0.1, 0.15) is 0 Å². The number of hydrogen-bond donors (Lipinski definition) is 1. The van der Waals surface area contributed by atoms with Crippen LogP contribution in [0, 0.1) is 0 Å². The highest BCUT2D eigenvalue weighted by molar-refractivity contribution is 7.89. The number of anilines is 1. The summed E-state index contributed by atoms with van der Waals surface area (Å²) < 4.78 is 65.7. The van der Waals surface area contributed by atoms with Crippen LogP contribution in [0.15, 0.2) is 71.6 Å². The van der Waals surface area contributed by atoms with Crippen molar-refractivity contribution in [3.05, 3.63) is 92.9 Å². The van der Waals surface area contributed by atoms with Gasteiger partial charge in [0, 0.05) is 32.9 Å². The molecule has 0 fully saturated rings. The highest BCUT2D eigenvalue weighted by Gasteiger charge is 2.31. The van der Waals surface area contributed by atoms with Crippen LogP contribution in [0.1, 0.15) is 11.1 Å². The summed E-state index contributed by atoms with van der Waals surface area (Å²) in [5.74, 6) is -0.777. The molecule has 0 aromatic heterocycles. The number of nitrogens with one attached hydrogen (secondary N) is 1. The van der Waals surface area contributed by atoms with E-state index in [1.54, 1.807) is 6.07 Å². The van der Waals surface area contributed by atoms with Crippen LogP contribution in [0.5, 0.6) is 0 Å². The van der Waals surface area contributed by atoms with Crippen LogP contribution in [0.3, 0.4) is 0 Å². The predicted octanol–water partition coefficient (Wildman–Crippen LogP) is 6.50. The molecule has 180 valence electrons. The second-order valence-corrected chi connectivity index (χ2v) is 10.2. The van der Waals surface area contributed by atoms with Gasteiger partial charge in [0.25, 0.3) is 0 Å². The number of benzene rings is 3. The van der Waals surface area contributed by atoms with Gasteiger partial charge >= 0.3 is 6.18 Å². The monoisotopic (exact) mass is 550 g/mol. The molecule has 0 aliphatic rings. The highest BCUT2D eigenvalue weighted by atomic mass is 35.5. The van der Waals surface area contributed by atoms with E-state index >= 15 is 0 Å². The van der Waals surface area contributed by atoms with Crippen molar-refractivity contribution in [2.75, 3.05) is 11.9 Å². The van der Waals surface area contributed by atoms with Gasteiger partial charge < -0.3 is 5.32 Å². The number of hydrogen-bond acceptors (Lipinski definition) is 3. The first-order chi connectivity index (χ1) is 15.9. The maximum absolute atomic E-state index is 13.3. The first kappa shape index (κ1) is 26.3. The van der Waals surface area contributed by atoms with E-state index < -0.39 is 34.2 Å². The van der Waals surface area contributed by atoms with Gasteiger partial charge in [-0.15, -0.1) is 0 Å². The van der Waals surface area contributed by atoms with E-state index in [-0.39, 0.29) is 32.7 Å². The maximum Gasteiger partial charge on any atom is 0.416 e. The van der Waals surface area contributed by atoms with Crippen LogP contribution in [0.25, 0.3) is 0 Å². The summed E-state index contributed by atoms with van der Waals surface area (Å²) in [5, 5.41) is 3.12. The summed E-state index contributed by atoms with van der Waals surface area (Å²) in [7, 11) is -4.22. The molecule has 0 heterocycles. The van der Waals surface area contributed by atoms with Crippen molar-refractivity contribution in [2.45, 2.75) is 17.6 Å². The standard InChI is InChI=1S/C22H16Cl3F3N2O3S/c23-15-6-10-17(11-7-15)34(32,33)30(12-18-19(24)2-1-3-20(18)25)13-21(31)29-16-8-4-14(5-9-16)22(26,27)28/h1-11H,12-13H2,(H,29,31). The average Bonchev–Trinajstić information content (AvgIpc) is 2.75. The Hall–Kier alpha value is -2.30. The molecular formula is C22H16Cl3F3N2O3S. The second-order valence-electron chi connectivity index (χ2n) is 7.05. The van der Waals surface area contributed by atoms with Gasteiger partial charge in [-0.1, -0.05) is 40.9 Å². The molecule has 34 heavy (non-hydrogen) atoms. The lowest BCUT2D eigenvalue weighted by Crippen LogP contribution is -2.37. The summed E-state index contributed by atoms with van der Waals surface area (Å²) >= 11 is 18.2. The van der Waals surface area contributed by atoms with Crippen molar-refractivity contribution >= 4 is 56.4 Å². The van der Waals surface area contributed by atoms with Crippen molar-refractivity contribution in [1.82, 2.24) is 4.31 Å². The quantitative estimate of drug-likeness (QED) is 0.365. The summed E-state index contributed by atoms with van der Waals surface area (Å²) in [6.45, 7) is -0.989. The Kier molecular flexibility index (Phi) is 8.15. The first-order valence-electron chi connectivity index (χ1n) is 9.53.